The maximum Gasteiger partial charge on any atom is 0.164 e. The van der Waals surface area contributed by atoms with E-state index in [-0.39, 0.29) is 24.2 Å². The Labute approximate surface area is 360 Å². The number of para-hydroxylation sites is 2. The van der Waals surface area contributed by atoms with Gasteiger partial charge in [-0.25, -0.2) is 15.0 Å². The summed E-state index contributed by atoms with van der Waals surface area (Å²) in [7, 11) is 0. The minimum Gasteiger partial charge on any atom is -0.309 e. The van der Waals surface area contributed by atoms with Crippen LogP contribution < -0.4 is 0 Å². The van der Waals surface area contributed by atoms with Gasteiger partial charge in [0.1, 0.15) is 0 Å². The number of benzene rings is 9. The number of hydrogen-bond donors (Lipinski definition) is 0. The molecule has 0 radical (unpaired) electrons. The first-order valence-corrected chi connectivity index (χ1v) is 20.3. The van der Waals surface area contributed by atoms with Gasteiger partial charge < -0.3 is 4.57 Å². The quantitative estimate of drug-likeness (QED) is 0.154. The lowest BCUT2D eigenvalue weighted by molar-refractivity contribution is 1.07. The molecule has 286 valence electrons. The van der Waals surface area contributed by atoms with Gasteiger partial charge in [0.25, 0.3) is 0 Å². The lowest BCUT2D eigenvalue weighted by Gasteiger charge is -2.14. The van der Waals surface area contributed by atoms with Gasteiger partial charge >= 0.3 is 0 Å². The Bertz CT molecular complexity index is 3560. The van der Waals surface area contributed by atoms with Crippen molar-refractivity contribution in [2.24, 2.45) is 0 Å². The molecule has 11 rings (SSSR count). The van der Waals surface area contributed by atoms with Crippen LogP contribution in [0.4, 0.5) is 0 Å². The van der Waals surface area contributed by atoms with Gasteiger partial charge in [-0.15, -0.1) is 0 Å². The van der Waals surface area contributed by atoms with Gasteiger partial charge in [0.15, 0.2) is 17.5 Å². The highest BCUT2D eigenvalue weighted by Crippen LogP contribution is 2.39. The molecule has 0 amide bonds. The van der Waals surface area contributed by atoms with Crippen molar-refractivity contribution in [1.82, 2.24) is 19.5 Å². The van der Waals surface area contributed by atoms with Gasteiger partial charge in [-0.1, -0.05) is 200 Å². The zero-order valence-corrected chi connectivity index (χ0v) is 32.9. The van der Waals surface area contributed by atoms with E-state index in [0.717, 1.165) is 77.8 Å². The number of hydrogen-bond acceptors (Lipinski definition) is 3. The van der Waals surface area contributed by atoms with Crippen LogP contribution in [0.5, 0.6) is 0 Å². The minimum atomic E-state index is -0.270. The predicted octanol–water partition coefficient (Wildman–Crippen LogP) is 14.6. The highest BCUT2D eigenvalue weighted by atomic mass is 15.0. The number of rotatable bonds is 8. The van der Waals surface area contributed by atoms with Crippen LogP contribution in [0.3, 0.4) is 0 Å². The Morgan fingerprint density at radius 1 is 0.328 bits per heavy atom. The zero-order valence-electron chi connectivity index (χ0n) is 36.9. The smallest absolute Gasteiger partial charge is 0.164 e. The van der Waals surface area contributed by atoms with Crippen molar-refractivity contribution in [3.05, 3.63) is 230 Å². The van der Waals surface area contributed by atoms with Crippen LogP contribution in [-0.2, 0) is 0 Å². The molecule has 11 aromatic rings. The molecule has 2 aromatic heterocycles. The molecule has 2 heterocycles. The molecule has 4 heteroatoms. The monoisotopic (exact) mass is 782 g/mol. The summed E-state index contributed by atoms with van der Waals surface area (Å²) >= 11 is 0. The SMILES string of the molecule is [2H]c1c([2H])c([2H])c2c(c1[2H])c1cccc(-c3cccc(-c4ccccc4)c3)c1n2-c1ccc(-c2cccc(-c3nc(-c4ccccc4)nc(-c4ccc(-c5ccccc5)cc4)n3)c2)cc1. The highest BCUT2D eigenvalue weighted by Gasteiger charge is 2.18. The summed E-state index contributed by atoms with van der Waals surface area (Å²) in [4.78, 5) is 15.0. The molecular formula is C57H38N4. The van der Waals surface area contributed by atoms with Gasteiger partial charge in [0.05, 0.1) is 16.5 Å². The maximum absolute atomic E-state index is 9.21. The molecular weight excluding hydrogens is 741 g/mol. The summed E-state index contributed by atoms with van der Waals surface area (Å²) in [6.45, 7) is 0. The van der Waals surface area contributed by atoms with Gasteiger partial charge in [-0.3, -0.25) is 0 Å². The summed E-state index contributed by atoms with van der Waals surface area (Å²) < 4.78 is 37.6. The van der Waals surface area contributed by atoms with E-state index in [1.165, 1.54) is 0 Å². The van der Waals surface area contributed by atoms with Crippen molar-refractivity contribution in [2.45, 2.75) is 0 Å². The van der Waals surface area contributed by atoms with Gasteiger partial charge in [-0.05, 0) is 69.3 Å². The fourth-order valence-corrected chi connectivity index (χ4v) is 8.19. The van der Waals surface area contributed by atoms with Crippen LogP contribution in [0, 0.1) is 0 Å². The third-order valence-corrected chi connectivity index (χ3v) is 11.2. The first-order valence-electron chi connectivity index (χ1n) is 22.3. The molecule has 0 N–H and O–H groups in total. The van der Waals surface area contributed by atoms with Crippen LogP contribution in [0.2, 0.25) is 0 Å². The molecule has 0 aliphatic rings. The lowest BCUT2D eigenvalue weighted by Crippen LogP contribution is -2.00. The van der Waals surface area contributed by atoms with Crippen LogP contribution in [0.1, 0.15) is 5.48 Å². The molecule has 0 fully saturated rings. The summed E-state index contributed by atoms with van der Waals surface area (Å²) in [5.74, 6) is 1.73. The Kier molecular flexibility index (Phi) is 8.07. The zero-order chi connectivity index (χ0) is 44.0. The van der Waals surface area contributed by atoms with E-state index in [1.807, 2.05) is 114 Å². The summed E-state index contributed by atoms with van der Waals surface area (Å²) in [6.07, 6.45) is 0. The molecule has 0 aliphatic heterocycles. The van der Waals surface area contributed by atoms with E-state index in [9.17, 15) is 1.37 Å². The van der Waals surface area contributed by atoms with Crippen molar-refractivity contribution in [3.8, 4) is 84.4 Å². The highest BCUT2D eigenvalue weighted by molar-refractivity contribution is 6.14. The van der Waals surface area contributed by atoms with Crippen LogP contribution in [-0.4, -0.2) is 19.5 Å². The van der Waals surface area contributed by atoms with Gasteiger partial charge in [0, 0.05) is 38.7 Å². The van der Waals surface area contributed by atoms with E-state index in [4.69, 9.17) is 19.1 Å². The summed E-state index contributed by atoms with van der Waals surface area (Å²) in [6, 6.07) is 68.8. The molecule has 0 unspecified atom stereocenters. The molecule has 0 spiro atoms. The molecule has 0 atom stereocenters. The number of aromatic nitrogens is 4. The number of nitrogens with zero attached hydrogens (tertiary/aromatic N) is 4. The number of fused-ring (bicyclic) bond motifs is 3. The summed E-state index contributed by atoms with van der Waals surface area (Å²) in [5, 5.41) is 1.24. The fourth-order valence-electron chi connectivity index (χ4n) is 8.19. The van der Waals surface area contributed by atoms with Crippen molar-refractivity contribution in [2.75, 3.05) is 0 Å². The first-order chi connectivity index (χ1) is 31.9. The summed E-state index contributed by atoms with van der Waals surface area (Å²) in [5.41, 5.74) is 12.9. The van der Waals surface area contributed by atoms with E-state index in [0.29, 0.717) is 28.4 Å². The molecule has 0 saturated carbocycles. The van der Waals surface area contributed by atoms with Gasteiger partial charge in [0.2, 0.25) is 0 Å². The molecule has 0 aliphatic carbocycles. The Hall–Kier alpha value is -8.21. The second kappa shape index (κ2) is 15.5. The van der Waals surface area contributed by atoms with Gasteiger partial charge in [-0.2, -0.15) is 0 Å². The first kappa shape index (κ1) is 31.7. The molecule has 0 bridgehead atoms. The average molecular weight is 783 g/mol. The molecule has 9 aromatic carbocycles. The van der Waals surface area contributed by atoms with Crippen molar-refractivity contribution in [1.29, 1.82) is 0 Å². The maximum atomic E-state index is 9.21. The largest absolute Gasteiger partial charge is 0.309 e. The van der Waals surface area contributed by atoms with Crippen LogP contribution >= 0.6 is 0 Å². The van der Waals surface area contributed by atoms with Crippen molar-refractivity contribution >= 4 is 21.8 Å². The van der Waals surface area contributed by atoms with E-state index in [2.05, 4.69) is 97.1 Å². The van der Waals surface area contributed by atoms with Crippen molar-refractivity contribution < 1.29 is 5.48 Å². The minimum absolute atomic E-state index is 0.0607. The fraction of sp³-hybridized carbons (Fsp3) is 0. The predicted molar refractivity (Wildman–Crippen MR) is 252 cm³/mol. The Morgan fingerprint density at radius 3 is 1.41 bits per heavy atom. The van der Waals surface area contributed by atoms with E-state index in [1.54, 1.807) is 0 Å². The topological polar surface area (TPSA) is 43.6 Å². The normalized spacial score (nSPS) is 12.2. The molecule has 0 saturated heterocycles. The lowest BCUT2D eigenvalue weighted by atomic mass is 9.97. The Morgan fingerprint density at radius 2 is 0.754 bits per heavy atom. The Balaban J connectivity index is 1.01. The van der Waals surface area contributed by atoms with Crippen LogP contribution in [0.25, 0.3) is 106 Å². The van der Waals surface area contributed by atoms with Crippen LogP contribution in [0.15, 0.2) is 230 Å². The standard InChI is InChI=1S/C57H38N4/c1-4-15-39(16-5-1)41-29-31-44(32-30-41)56-58-55(43-19-8-3-9-20-43)59-57(60-56)48-24-13-22-46(38-48)42-33-35-49(36-34-42)61-53-28-11-10-25-51(53)52-27-14-26-50(54(52)61)47-23-12-21-45(37-47)40-17-6-2-7-18-40/h1-38H/i10D,11D,25D,28D. The molecule has 4 nitrogen and oxygen atoms in total. The second-order valence-corrected chi connectivity index (χ2v) is 15.0. The second-order valence-electron chi connectivity index (χ2n) is 15.0. The van der Waals surface area contributed by atoms with E-state index < -0.39 is 0 Å². The average Bonchev–Trinajstić information content (AvgIpc) is 3.74. The molecule has 61 heavy (non-hydrogen) atoms. The van der Waals surface area contributed by atoms with E-state index >= 15 is 0 Å². The van der Waals surface area contributed by atoms with Crippen molar-refractivity contribution in [3.63, 3.8) is 0 Å². The third kappa shape index (κ3) is 6.86. The third-order valence-electron chi connectivity index (χ3n) is 11.2.